The predicted octanol–water partition coefficient (Wildman–Crippen LogP) is 1.39. The number of carbonyl (C=O) groups is 1. The Bertz CT molecular complexity index is 218. The largest absolute Gasteiger partial charge is 0.353 e. The van der Waals surface area contributed by atoms with Crippen LogP contribution in [0.25, 0.3) is 0 Å². The first-order valence-electron chi connectivity index (χ1n) is 6.29. The molecule has 3 nitrogen and oxygen atoms in total. The third-order valence-corrected chi connectivity index (χ3v) is 3.49. The molecular formula is C12H22N2O. The first kappa shape index (κ1) is 10.9. The van der Waals surface area contributed by atoms with E-state index in [0.717, 1.165) is 18.8 Å². The summed E-state index contributed by atoms with van der Waals surface area (Å²) in [5.41, 5.74) is 0. The van der Waals surface area contributed by atoms with Crippen LogP contribution in [0, 0.1) is 5.92 Å². The van der Waals surface area contributed by atoms with Crippen molar-refractivity contribution in [1.29, 1.82) is 0 Å². The molecule has 2 aliphatic rings. The molecule has 1 N–H and O–H groups in total. The van der Waals surface area contributed by atoms with Gasteiger partial charge >= 0.3 is 0 Å². The van der Waals surface area contributed by atoms with Crippen LogP contribution >= 0.6 is 0 Å². The van der Waals surface area contributed by atoms with Gasteiger partial charge < -0.3 is 10.2 Å². The van der Waals surface area contributed by atoms with Gasteiger partial charge in [-0.25, -0.2) is 0 Å². The standard InChI is InChI=1S/C12H22N2O/c1-2-12(15)13-11-5-7-14(8-6-11)9-10-3-4-10/h10-11H,2-9H2,1H3,(H,13,15). The van der Waals surface area contributed by atoms with Crippen LogP contribution in [0.15, 0.2) is 0 Å². The molecule has 2 rings (SSSR count). The zero-order valence-electron chi connectivity index (χ0n) is 9.67. The van der Waals surface area contributed by atoms with Crippen LogP contribution in [-0.4, -0.2) is 36.5 Å². The van der Waals surface area contributed by atoms with E-state index in [2.05, 4.69) is 10.2 Å². The predicted molar refractivity (Wildman–Crippen MR) is 60.6 cm³/mol. The fourth-order valence-electron chi connectivity index (χ4n) is 2.26. The molecule has 1 aliphatic carbocycles. The number of nitrogens with one attached hydrogen (secondary N) is 1. The van der Waals surface area contributed by atoms with Crippen LogP contribution in [0.5, 0.6) is 0 Å². The van der Waals surface area contributed by atoms with E-state index in [0.29, 0.717) is 12.5 Å². The molecule has 0 bridgehead atoms. The van der Waals surface area contributed by atoms with E-state index in [-0.39, 0.29) is 5.91 Å². The highest BCUT2D eigenvalue weighted by Crippen LogP contribution is 2.30. The lowest BCUT2D eigenvalue weighted by molar-refractivity contribution is -0.121. The Morgan fingerprint density at radius 2 is 1.93 bits per heavy atom. The van der Waals surface area contributed by atoms with Crippen LogP contribution in [0.1, 0.15) is 39.0 Å². The second-order valence-electron chi connectivity index (χ2n) is 4.94. The second-order valence-corrected chi connectivity index (χ2v) is 4.94. The Kier molecular flexibility index (Phi) is 3.62. The lowest BCUT2D eigenvalue weighted by atomic mass is 10.0. The second kappa shape index (κ2) is 4.97. The molecule has 0 atom stereocenters. The number of rotatable bonds is 4. The number of likely N-dealkylation sites (tertiary alicyclic amines) is 1. The van der Waals surface area contributed by atoms with E-state index < -0.39 is 0 Å². The van der Waals surface area contributed by atoms with Crippen molar-refractivity contribution in [2.45, 2.75) is 45.1 Å². The van der Waals surface area contributed by atoms with Gasteiger partial charge in [-0.2, -0.15) is 0 Å². The molecule has 1 saturated carbocycles. The first-order valence-corrected chi connectivity index (χ1v) is 6.29. The Balaban J connectivity index is 1.64. The maximum absolute atomic E-state index is 11.2. The molecule has 0 radical (unpaired) electrons. The molecule has 0 spiro atoms. The number of piperidine rings is 1. The maximum atomic E-state index is 11.2. The first-order chi connectivity index (χ1) is 7.28. The zero-order chi connectivity index (χ0) is 10.7. The number of amides is 1. The van der Waals surface area contributed by atoms with Gasteiger partial charge in [0, 0.05) is 32.1 Å². The zero-order valence-corrected chi connectivity index (χ0v) is 9.67. The summed E-state index contributed by atoms with van der Waals surface area (Å²) in [6.45, 7) is 5.56. The molecule has 0 unspecified atom stereocenters. The molecule has 1 amide bonds. The fourth-order valence-corrected chi connectivity index (χ4v) is 2.26. The van der Waals surface area contributed by atoms with Gasteiger partial charge in [-0.1, -0.05) is 6.92 Å². The maximum Gasteiger partial charge on any atom is 0.219 e. The highest BCUT2D eigenvalue weighted by atomic mass is 16.1. The minimum atomic E-state index is 0.204. The van der Waals surface area contributed by atoms with Crippen LogP contribution in [0.3, 0.4) is 0 Å². The number of hydrogen-bond acceptors (Lipinski definition) is 2. The van der Waals surface area contributed by atoms with Gasteiger partial charge in [0.05, 0.1) is 0 Å². The molecule has 3 heteroatoms. The third-order valence-electron chi connectivity index (χ3n) is 3.49. The Labute approximate surface area is 92.2 Å². The van der Waals surface area contributed by atoms with E-state index in [9.17, 15) is 4.79 Å². The van der Waals surface area contributed by atoms with E-state index in [4.69, 9.17) is 0 Å². The van der Waals surface area contributed by atoms with Crippen molar-refractivity contribution in [3.05, 3.63) is 0 Å². The van der Waals surface area contributed by atoms with E-state index >= 15 is 0 Å². The summed E-state index contributed by atoms with van der Waals surface area (Å²) >= 11 is 0. The smallest absolute Gasteiger partial charge is 0.219 e. The van der Waals surface area contributed by atoms with Gasteiger partial charge in [-0.05, 0) is 31.6 Å². The number of hydrogen-bond donors (Lipinski definition) is 1. The topological polar surface area (TPSA) is 32.3 Å². The quantitative estimate of drug-likeness (QED) is 0.760. The summed E-state index contributed by atoms with van der Waals surface area (Å²) in [5.74, 6) is 1.20. The van der Waals surface area contributed by atoms with Crippen molar-refractivity contribution in [1.82, 2.24) is 10.2 Å². The molecule has 2 fully saturated rings. The summed E-state index contributed by atoms with van der Waals surface area (Å²) in [6.07, 6.45) is 5.76. The van der Waals surface area contributed by atoms with E-state index in [1.54, 1.807) is 0 Å². The van der Waals surface area contributed by atoms with Gasteiger partial charge in [-0.3, -0.25) is 4.79 Å². The molecule has 0 aromatic carbocycles. The van der Waals surface area contributed by atoms with E-state index in [1.165, 1.54) is 32.5 Å². The summed E-state index contributed by atoms with van der Waals surface area (Å²) in [4.78, 5) is 13.8. The molecule has 0 aromatic heterocycles. The summed E-state index contributed by atoms with van der Waals surface area (Å²) in [5, 5.41) is 3.09. The van der Waals surface area contributed by atoms with Gasteiger partial charge in [0.1, 0.15) is 0 Å². The minimum absolute atomic E-state index is 0.204. The van der Waals surface area contributed by atoms with E-state index in [1.807, 2.05) is 6.92 Å². The lowest BCUT2D eigenvalue weighted by Gasteiger charge is -2.32. The minimum Gasteiger partial charge on any atom is -0.353 e. The summed E-state index contributed by atoms with van der Waals surface area (Å²) in [7, 11) is 0. The molecular weight excluding hydrogens is 188 g/mol. The summed E-state index contributed by atoms with van der Waals surface area (Å²) in [6, 6.07) is 0.438. The van der Waals surface area contributed by atoms with Crippen LogP contribution < -0.4 is 5.32 Å². The normalized spacial score (nSPS) is 24.1. The van der Waals surface area contributed by atoms with Crippen molar-refractivity contribution in [3.8, 4) is 0 Å². The van der Waals surface area contributed by atoms with Crippen LogP contribution in [0.4, 0.5) is 0 Å². The molecule has 1 aliphatic heterocycles. The Morgan fingerprint density at radius 1 is 1.27 bits per heavy atom. The SMILES string of the molecule is CCC(=O)NC1CCN(CC2CC2)CC1. The van der Waals surface area contributed by atoms with Gasteiger partial charge in [0.15, 0.2) is 0 Å². The number of carbonyl (C=O) groups excluding carboxylic acids is 1. The Hall–Kier alpha value is -0.570. The Morgan fingerprint density at radius 3 is 2.47 bits per heavy atom. The molecule has 1 saturated heterocycles. The van der Waals surface area contributed by atoms with Crippen molar-refractivity contribution in [3.63, 3.8) is 0 Å². The van der Waals surface area contributed by atoms with Crippen molar-refractivity contribution < 1.29 is 4.79 Å². The van der Waals surface area contributed by atoms with Crippen LogP contribution in [-0.2, 0) is 4.79 Å². The summed E-state index contributed by atoms with van der Waals surface area (Å²) < 4.78 is 0. The van der Waals surface area contributed by atoms with Crippen LogP contribution in [0.2, 0.25) is 0 Å². The highest BCUT2D eigenvalue weighted by molar-refractivity contribution is 5.75. The van der Waals surface area contributed by atoms with Gasteiger partial charge in [-0.15, -0.1) is 0 Å². The average molecular weight is 210 g/mol. The monoisotopic (exact) mass is 210 g/mol. The van der Waals surface area contributed by atoms with Gasteiger partial charge in [0.2, 0.25) is 5.91 Å². The fraction of sp³-hybridized carbons (Fsp3) is 0.917. The number of nitrogens with zero attached hydrogens (tertiary/aromatic N) is 1. The lowest BCUT2D eigenvalue weighted by Crippen LogP contribution is -2.44. The third kappa shape index (κ3) is 3.49. The highest BCUT2D eigenvalue weighted by Gasteiger charge is 2.27. The van der Waals surface area contributed by atoms with Crippen molar-refractivity contribution in [2.24, 2.45) is 5.92 Å². The van der Waals surface area contributed by atoms with Crippen molar-refractivity contribution >= 4 is 5.91 Å². The average Bonchev–Trinajstić information content (AvgIpc) is 3.05. The molecule has 0 aromatic rings. The molecule has 15 heavy (non-hydrogen) atoms. The molecule has 1 heterocycles. The molecule has 86 valence electrons. The van der Waals surface area contributed by atoms with Crippen molar-refractivity contribution in [2.75, 3.05) is 19.6 Å². The van der Waals surface area contributed by atoms with Gasteiger partial charge in [0.25, 0.3) is 0 Å².